The van der Waals surface area contributed by atoms with Crippen molar-refractivity contribution < 1.29 is 34.2 Å². The molecule has 0 bridgehead atoms. The van der Waals surface area contributed by atoms with Gasteiger partial charge in [-0.15, -0.1) is 0 Å². The number of benzene rings is 1. The fourth-order valence-electron chi connectivity index (χ4n) is 2.89. The molecule has 7 N–H and O–H groups in total. The van der Waals surface area contributed by atoms with Crippen molar-refractivity contribution in [2.45, 2.75) is 43.8 Å². The minimum Gasteiger partial charge on any atom is -0.481 e. The monoisotopic (exact) mass is 482 g/mol. The van der Waals surface area contributed by atoms with Crippen molar-refractivity contribution in [2.24, 2.45) is 5.73 Å². The van der Waals surface area contributed by atoms with Crippen LogP contribution in [-0.4, -0.2) is 76.6 Å². The quantitative estimate of drug-likeness (QED) is 0.189. The number of carboxylic acid groups (broad SMARTS) is 2. The van der Waals surface area contributed by atoms with E-state index in [2.05, 4.69) is 16.0 Å². The molecule has 182 valence electrons. The molecule has 0 fully saturated rings. The van der Waals surface area contributed by atoms with Crippen LogP contribution in [0.25, 0.3) is 0 Å². The van der Waals surface area contributed by atoms with Gasteiger partial charge in [-0.3, -0.25) is 19.2 Å². The van der Waals surface area contributed by atoms with Crippen molar-refractivity contribution in [3.8, 4) is 0 Å². The molecule has 3 amide bonds. The number of aliphatic carboxylic acids is 2. The molecule has 12 heteroatoms. The Bertz CT molecular complexity index is 822. The summed E-state index contributed by atoms with van der Waals surface area (Å²) in [6, 6.07) is 5.09. The number of hydrogen-bond donors (Lipinski definition) is 6. The van der Waals surface area contributed by atoms with Crippen LogP contribution < -0.4 is 21.7 Å². The highest BCUT2D eigenvalue weighted by atomic mass is 32.2. The van der Waals surface area contributed by atoms with E-state index in [1.807, 2.05) is 6.26 Å². The van der Waals surface area contributed by atoms with E-state index in [9.17, 15) is 29.1 Å². The van der Waals surface area contributed by atoms with Gasteiger partial charge in [0.05, 0.1) is 6.54 Å². The molecule has 3 unspecified atom stereocenters. The Balaban J connectivity index is 2.96. The van der Waals surface area contributed by atoms with Crippen LogP contribution in [0.5, 0.6) is 0 Å². The van der Waals surface area contributed by atoms with E-state index in [1.54, 1.807) is 30.3 Å². The standard InChI is InChI=1S/C21H30N4O7S/c1-33-10-9-15(23-17(26)12-22)20(30)24-14(7-8-18(27)28)19(29)25-16(21(31)32)11-13-5-3-2-4-6-13/h2-6,14-16H,7-12,22H2,1H3,(H,23,26)(H,24,30)(H,25,29)(H,27,28)(H,31,32). The molecule has 1 aromatic rings. The van der Waals surface area contributed by atoms with Crippen molar-refractivity contribution in [2.75, 3.05) is 18.6 Å². The van der Waals surface area contributed by atoms with Crippen molar-refractivity contribution in [1.82, 2.24) is 16.0 Å². The lowest BCUT2D eigenvalue weighted by Gasteiger charge is -2.24. The van der Waals surface area contributed by atoms with Gasteiger partial charge in [0.2, 0.25) is 17.7 Å². The predicted octanol–water partition coefficient (Wildman–Crippen LogP) is -0.655. The number of thioether (sulfide) groups is 1. The first kappa shape index (κ1) is 27.9. The third-order valence-electron chi connectivity index (χ3n) is 4.62. The molecule has 1 rings (SSSR count). The number of nitrogens with one attached hydrogen (secondary N) is 3. The maximum Gasteiger partial charge on any atom is 0.326 e. The van der Waals surface area contributed by atoms with Crippen molar-refractivity contribution >= 4 is 41.4 Å². The molecule has 0 saturated heterocycles. The number of carbonyl (C=O) groups excluding carboxylic acids is 3. The SMILES string of the molecule is CSCCC(NC(=O)CN)C(=O)NC(CCC(=O)O)C(=O)NC(Cc1ccccc1)C(=O)O. The first-order valence-corrected chi connectivity index (χ1v) is 11.6. The number of carbonyl (C=O) groups is 5. The van der Waals surface area contributed by atoms with Gasteiger partial charge in [0.25, 0.3) is 0 Å². The average Bonchev–Trinajstić information content (AvgIpc) is 2.78. The van der Waals surface area contributed by atoms with Crippen LogP contribution in [0.4, 0.5) is 0 Å². The molecule has 0 aliphatic heterocycles. The molecular formula is C21H30N4O7S. The van der Waals surface area contributed by atoms with Crippen LogP contribution >= 0.6 is 11.8 Å². The molecule has 33 heavy (non-hydrogen) atoms. The van der Waals surface area contributed by atoms with Crippen molar-refractivity contribution in [1.29, 1.82) is 0 Å². The molecule has 0 aliphatic carbocycles. The second-order valence-electron chi connectivity index (χ2n) is 7.19. The molecule has 0 radical (unpaired) electrons. The molecule has 0 saturated carbocycles. The highest BCUT2D eigenvalue weighted by molar-refractivity contribution is 7.98. The number of nitrogens with two attached hydrogens (primary N) is 1. The molecule has 1 aromatic carbocycles. The van der Waals surface area contributed by atoms with Gasteiger partial charge < -0.3 is 31.9 Å². The van der Waals surface area contributed by atoms with Crippen LogP contribution in [0.2, 0.25) is 0 Å². The average molecular weight is 483 g/mol. The topological polar surface area (TPSA) is 188 Å². The van der Waals surface area contributed by atoms with E-state index in [0.29, 0.717) is 11.3 Å². The summed E-state index contributed by atoms with van der Waals surface area (Å²) in [5, 5.41) is 25.8. The first-order valence-electron chi connectivity index (χ1n) is 10.3. The molecule has 0 spiro atoms. The van der Waals surface area contributed by atoms with E-state index in [-0.39, 0.29) is 25.8 Å². The normalized spacial score (nSPS) is 13.3. The third kappa shape index (κ3) is 10.8. The summed E-state index contributed by atoms with van der Waals surface area (Å²) in [4.78, 5) is 59.9. The van der Waals surface area contributed by atoms with Crippen LogP contribution in [0.1, 0.15) is 24.8 Å². The zero-order chi connectivity index (χ0) is 24.8. The lowest BCUT2D eigenvalue weighted by Crippen LogP contribution is -2.56. The van der Waals surface area contributed by atoms with E-state index in [4.69, 9.17) is 10.8 Å². The van der Waals surface area contributed by atoms with E-state index >= 15 is 0 Å². The van der Waals surface area contributed by atoms with Gasteiger partial charge in [0.15, 0.2) is 0 Å². The Morgan fingerprint density at radius 2 is 1.48 bits per heavy atom. The number of carboxylic acids is 2. The Morgan fingerprint density at radius 1 is 0.909 bits per heavy atom. The van der Waals surface area contributed by atoms with E-state index in [0.717, 1.165) is 0 Å². The summed E-state index contributed by atoms with van der Waals surface area (Å²) >= 11 is 1.45. The number of amides is 3. The maximum absolute atomic E-state index is 12.8. The molecule has 11 nitrogen and oxygen atoms in total. The summed E-state index contributed by atoms with van der Waals surface area (Å²) in [5.74, 6) is -4.00. The summed E-state index contributed by atoms with van der Waals surface area (Å²) in [7, 11) is 0. The lowest BCUT2D eigenvalue weighted by molar-refractivity contribution is -0.143. The fourth-order valence-corrected chi connectivity index (χ4v) is 3.36. The third-order valence-corrected chi connectivity index (χ3v) is 5.27. The van der Waals surface area contributed by atoms with Crippen LogP contribution in [0.15, 0.2) is 30.3 Å². The fraction of sp³-hybridized carbons (Fsp3) is 0.476. The molecule has 0 heterocycles. The smallest absolute Gasteiger partial charge is 0.326 e. The van der Waals surface area contributed by atoms with Crippen molar-refractivity contribution in [3.05, 3.63) is 35.9 Å². The molecular weight excluding hydrogens is 452 g/mol. The minimum absolute atomic E-state index is 0.00438. The van der Waals surface area contributed by atoms with Gasteiger partial charge >= 0.3 is 11.9 Å². The Morgan fingerprint density at radius 3 is 2.00 bits per heavy atom. The van der Waals surface area contributed by atoms with Crippen molar-refractivity contribution in [3.63, 3.8) is 0 Å². The summed E-state index contributed by atoms with van der Waals surface area (Å²) in [6.45, 7) is -0.328. The highest BCUT2D eigenvalue weighted by Crippen LogP contribution is 2.07. The van der Waals surface area contributed by atoms with Gasteiger partial charge in [-0.25, -0.2) is 4.79 Å². The Kier molecular flexibility index (Phi) is 12.6. The lowest BCUT2D eigenvalue weighted by atomic mass is 10.0. The maximum atomic E-state index is 12.8. The van der Waals surface area contributed by atoms with Crippen LogP contribution in [-0.2, 0) is 30.4 Å². The zero-order valence-electron chi connectivity index (χ0n) is 18.3. The molecule has 0 aliphatic rings. The first-order chi connectivity index (χ1) is 15.7. The van der Waals surface area contributed by atoms with E-state index < -0.39 is 54.2 Å². The number of rotatable bonds is 15. The summed E-state index contributed by atoms with van der Waals surface area (Å²) in [6.07, 6.45) is 1.40. The Labute approximate surface area is 195 Å². The van der Waals surface area contributed by atoms with Gasteiger partial charge in [-0.1, -0.05) is 30.3 Å². The second-order valence-corrected chi connectivity index (χ2v) is 8.17. The Hall–Kier alpha value is -3.12. The minimum atomic E-state index is -1.31. The van der Waals surface area contributed by atoms with Gasteiger partial charge in [-0.2, -0.15) is 11.8 Å². The van der Waals surface area contributed by atoms with Crippen LogP contribution in [0.3, 0.4) is 0 Å². The second kappa shape index (κ2) is 14.9. The molecule has 3 atom stereocenters. The summed E-state index contributed by atoms with van der Waals surface area (Å²) in [5.41, 5.74) is 5.97. The van der Waals surface area contributed by atoms with E-state index in [1.165, 1.54) is 11.8 Å². The molecule has 0 aromatic heterocycles. The van der Waals surface area contributed by atoms with Gasteiger partial charge in [0, 0.05) is 12.8 Å². The highest BCUT2D eigenvalue weighted by Gasteiger charge is 2.29. The largest absolute Gasteiger partial charge is 0.481 e. The van der Waals surface area contributed by atoms with Crippen LogP contribution in [0, 0.1) is 0 Å². The summed E-state index contributed by atoms with van der Waals surface area (Å²) < 4.78 is 0. The van der Waals surface area contributed by atoms with Gasteiger partial charge in [0.1, 0.15) is 18.1 Å². The zero-order valence-corrected chi connectivity index (χ0v) is 19.1. The number of hydrogen-bond acceptors (Lipinski definition) is 7. The van der Waals surface area contributed by atoms with Gasteiger partial charge in [-0.05, 0) is 30.4 Å². The predicted molar refractivity (Wildman–Crippen MR) is 122 cm³/mol.